The molecule has 0 radical (unpaired) electrons. The van der Waals surface area contributed by atoms with Gasteiger partial charge in [-0.3, -0.25) is 14.2 Å². The lowest BCUT2D eigenvalue weighted by atomic mass is 9.97. The molecule has 1 aliphatic carbocycles. The van der Waals surface area contributed by atoms with Crippen LogP contribution in [0.1, 0.15) is 62.1 Å². The minimum absolute atomic E-state index is 0.0119. The van der Waals surface area contributed by atoms with Crippen molar-refractivity contribution >= 4 is 39.2 Å². The van der Waals surface area contributed by atoms with Crippen LogP contribution < -0.4 is 5.56 Å². The Morgan fingerprint density at radius 1 is 1.12 bits per heavy atom. The third-order valence-corrected chi connectivity index (χ3v) is 8.54. The minimum Gasteiger partial charge on any atom is -0.337 e. The van der Waals surface area contributed by atoms with Gasteiger partial charge in [-0.15, -0.1) is 11.3 Å². The molecule has 0 atom stereocenters. The average molecular weight is 484 g/mol. The molecule has 0 saturated heterocycles. The summed E-state index contributed by atoms with van der Waals surface area (Å²) in [7, 11) is 0. The smallest absolute Gasteiger partial charge is 0.267 e. The topological polar surface area (TPSA) is 55.2 Å². The number of hydrogen-bond donors (Lipinski definition) is 0. The molecule has 5 nitrogen and oxygen atoms in total. The number of thioether (sulfide) groups is 1. The lowest BCUT2D eigenvalue weighted by Gasteiger charge is -2.30. The van der Waals surface area contributed by atoms with Gasteiger partial charge in [-0.1, -0.05) is 17.8 Å². The fourth-order valence-electron chi connectivity index (χ4n) is 4.75. The molecule has 2 heterocycles. The lowest BCUT2D eigenvalue weighted by Crippen LogP contribution is -2.43. The Labute approximate surface area is 204 Å². The van der Waals surface area contributed by atoms with Gasteiger partial charge in [-0.2, -0.15) is 0 Å². The van der Waals surface area contributed by atoms with Gasteiger partial charge < -0.3 is 4.90 Å². The molecule has 176 valence electrons. The van der Waals surface area contributed by atoms with E-state index < -0.39 is 0 Å². The van der Waals surface area contributed by atoms with Crippen molar-refractivity contribution in [1.29, 1.82) is 0 Å². The van der Waals surface area contributed by atoms with E-state index in [2.05, 4.69) is 13.8 Å². The van der Waals surface area contributed by atoms with Crippen LogP contribution in [0.3, 0.4) is 0 Å². The molecule has 33 heavy (non-hydrogen) atoms. The van der Waals surface area contributed by atoms with Crippen molar-refractivity contribution in [2.75, 3.05) is 5.75 Å². The summed E-state index contributed by atoms with van der Waals surface area (Å²) in [5.41, 5.74) is 4.30. The van der Waals surface area contributed by atoms with Gasteiger partial charge in [0.15, 0.2) is 5.16 Å². The summed E-state index contributed by atoms with van der Waals surface area (Å²) in [5, 5.41) is 1.37. The summed E-state index contributed by atoms with van der Waals surface area (Å²) in [4.78, 5) is 35.9. The fraction of sp³-hybridized carbons (Fsp3) is 0.500. The first-order valence-corrected chi connectivity index (χ1v) is 13.6. The van der Waals surface area contributed by atoms with E-state index in [1.165, 1.54) is 34.2 Å². The number of benzene rings is 1. The van der Waals surface area contributed by atoms with Crippen molar-refractivity contribution in [3.05, 3.63) is 50.1 Å². The third kappa shape index (κ3) is 4.62. The van der Waals surface area contributed by atoms with Crippen molar-refractivity contribution in [1.82, 2.24) is 14.5 Å². The van der Waals surface area contributed by atoms with E-state index in [0.717, 1.165) is 40.7 Å². The fourth-order valence-corrected chi connectivity index (χ4v) is 6.93. The molecule has 3 aromatic rings. The van der Waals surface area contributed by atoms with E-state index in [4.69, 9.17) is 4.98 Å². The Hall–Kier alpha value is -2.12. The van der Waals surface area contributed by atoms with Crippen LogP contribution in [0.25, 0.3) is 15.9 Å². The number of hydrogen-bond acceptors (Lipinski definition) is 5. The standard InChI is InChI=1S/C26H33N3O2S2/c1-15(2)28(16(3)4)22(30)14-32-26-27-24-23(20-9-7-8-10-21(20)33-24)25(31)29(26)19-12-11-17(5)18(6)13-19/h11-13,15-16H,7-10,14H2,1-6H3. The van der Waals surface area contributed by atoms with Crippen LogP contribution in [-0.4, -0.2) is 38.2 Å². The quantitative estimate of drug-likeness (QED) is 0.334. The zero-order valence-electron chi connectivity index (χ0n) is 20.4. The Bertz CT molecular complexity index is 1250. The number of aromatic nitrogens is 2. The van der Waals surface area contributed by atoms with Crippen LogP contribution >= 0.6 is 23.1 Å². The maximum absolute atomic E-state index is 13.9. The third-order valence-electron chi connectivity index (χ3n) is 6.43. The summed E-state index contributed by atoms with van der Waals surface area (Å²) in [6.45, 7) is 12.3. The van der Waals surface area contributed by atoms with Crippen molar-refractivity contribution in [2.24, 2.45) is 0 Å². The van der Waals surface area contributed by atoms with E-state index >= 15 is 0 Å². The number of amides is 1. The molecule has 1 aromatic carbocycles. The average Bonchev–Trinajstić information content (AvgIpc) is 3.12. The molecular formula is C26H33N3O2S2. The molecule has 1 aliphatic rings. The van der Waals surface area contributed by atoms with Crippen molar-refractivity contribution in [3.63, 3.8) is 0 Å². The second-order valence-electron chi connectivity index (χ2n) is 9.47. The van der Waals surface area contributed by atoms with E-state index in [0.29, 0.717) is 5.16 Å². The van der Waals surface area contributed by atoms with Gasteiger partial charge in [0, 0.05) is 17.0 Å². The Balaban J connectivity index is 1.83. The molecule has 0 unspecified atom stereocenters. The maximum atomic E-state index is 13.9. The predicted octanol–water partition coefficient (Wildman–Crippen LogP) is 5.68. The Morgan fingerprint density at radius 2 is 1.82 bits per heavy atom. The highest BCUT2D eigenvalue weighted by molar-refractivity contribution is 7.99. The van der Waals surface area contributed by atoms with Crippen LogP contribution in [-0.2, 0) is 17.6 Å². The number of rotatable bonds is 6. The van der Waals surface area contributed by atoms with Gasteiger partial charge in [0.25, 0.3) is 5.56 Å². The number of aryl methyl sites for hydroxylation is 4. The van der Waals surface area contributed by atoms with Crippen LogP contribution in [0.15, 0.2) is 28.2 Å². The first kappa shape index (κ1) is 24.0. The van der Waals surface area contributed by atoms with Gasteiger partial charge in [-0.05, 0) is 96.0 Å². The van der Waals surface area contributed by atoms with E-state index in [1.807, 2.05) is 50.8 Å². The summed E-state index contributed by atoms with van der Waals surface area (Å²) in [6.07, 6.45) is 4.26. The number of fused-ring (bicyclic) bond motifs is 3. The highest BCUT2D eigenvalue weighted by atomic mass is 32.2. The second-order valence-corrected chi connectivity index (χ2v) is 11.5. The number of thiophene rings is 1. The maximum Gasteiger partial charge on any atom is 0.267 e. The molecule has 2 aromatic heterocycles. The van der Waals surface area contributed by atoms with E-state index in [1.54, 1.807) is 15.9 Å². The van der Waals surface area contributed by atoms with E-state index in [-0.39, 0.29) is 29.3 Å². The molecule has 0 N–H and O–H groups in total. The first-order chi connectivity index (χ1) is 15.7. The number of nitrogens with zero attached hydrogens (tertiary/aromatic N) is 3. The van der Waals surface area contributed by atoms with Gasteiger partial charge in [0.1, 0.15) is 4.83 Å². The molecule has 4 rings (SSSR count). The second kappa shape index (κ2) is 9.63. The van der Waals surface area contributed by atoms with Crippen LogP contribution in [0.4, 0.5) is 0 Å². The van der Waals surface area contributed by atoms with Gasteiger partial charge in [0.2, 0.25) is 5.91 Å². The molecule has 0 aliphatic heterocycles. The number of carbonyl (C=O) groups excluding carboxylic acids is 1. The molecule has 0 spiro atoms. The van der Waals surface area contributed by atoms with Crippen LogP contribution in [0.2, 0.25) is 0 Å². The van der Waals surface area contributed by atoms with Gasteiger partial charge in [0.05, 0.1) is 16.8 Å². The molecule has 1 amide bonds. The summed E-state index contributed by atoms with van der Waals surface area (Å²) in [5.74, 6) is 0.320. The minimum atomic E-state index is -0.0119. The zero-order valence-corrected chi connectivity index (χ0v) is 22.0. The predicted molar refractivity (Wildman–Crippen MR) is 139 cm³/mol. The number of carbonyl (C=O) groups is 1. The van der Waals surface area contributed by atoms with Crippen LogP contribution in [0.5, 0.6) is 0 Å². The summed E-state index contributed by atoms with van der Waals surface area (Å²) >= 11 is 3.02. The van der Waals surface area contributed by atoms with Crippen molar-refractivity contribution in [3.8, 4) is 5.69 Å². The SMILES string of the molecule is Cc1ccc(-n2c(SCC(=O)N(C(C)C)C(C)C)nc3sc4c(c3c2=O)CCCC4)cc1C. The zero-order chi connectivity index (χ0) is 23.9. The lowest BCUT2D eigenvalue weighted by molar-refractivity contribution is -0.131. The van der Waals surface area contributed by atoms with Crippen LogP contribution in [0, 0.1) is 13.8 Å². The molecule has 0 fully saturated rings. The van der Waals surface area contributed by atoms with Crippen molar-refractivity contribution in [2.45, 2.75) is 84.5 Å². The van der Waals surface area contributed by atoms with Gasteiger partial charge in [-0.25, -0.2) is 4.98 Å². The Morgan fingerprint density at radius 3 is 2.48 bits per heavy atom. The highest BCUT2D eigenvalue weighted by Gasteiger charge is 2.25. The Kier molecular flexibility index (Phi) is 7.01. The monoisotopic (exact) mass is 483 g/mol. The summed E-state index contributed by atoms with van der Waals surface area (Å²) in [6, 6.07) is 6.32. The van der Waals surface area contributed by atoms with E-state index in [9.17, 15) is 9.59 Å². The van der Waals surface area contributed by atoms with Crippen molar-refractivity contribution < 1.29 is 4.79 Å². The normalized spacial score (nSPS) is 13.7. The largest absolute Gasteiger partial charge is 0.337 e. The van der Waals surface area contributed by atoms with Gasteiger partial charge >= 0.3 is 0 Å². The molecular weight excluding hydrogens is 450 g/mol. The molecule has 0 bridgehead atoms. The molecule has 0 saturated carbocycles. The first-order valence-electron chi connectivity index (χ1n) is 11.8. The molecule has 7 heteroatoms. The highest BCUT2D eigenvalue weighted by Crippen LogP contribution is 2.35. The summed E-state index contributed by atoms with van der Waals surface area (Å²) < 4.78 is 1.73.